The fourth-order valence-electron chi connectivity index (χ4n) is 3.71. The summed E-state index contributed by atoms with van der Waals surface area (Å²) in [6.45, 7) is 3.37. The van der Waals surface area contributed by atoms with Crippen molar-refractivity contribution in [3.63, 3.8) is 0 Å². The predicted molar refractivity (Wildman–Crippen MR) is 124 cm³/mol. The highest BCUT2D eigenvalue weighted by Crippen LogP contribution is 2.23. The molecule has 1 atom stereocenters. The fourth-order valence-corrected chi connectivity index (χ4v) is 5.13. The molecule has 2 aromatic carbocycles. The first-order valence-electron chi connectivity index (χ1n) is 10.4. The number of fused-ring (bicyclic) bond motifs is 1. The quantitative estimate of drug-likeness (QED) is 0.638. The highest BCUT2D eigenvalue weighted by Gasteiger charge is 2.31. The molecule has 1 saturated heterocycles. The number of sulfonamides is 1. The van der Waals surface area contributed by atoms with Gasteiger partial charge in [-0.25, -0.2) is 13.2 Å². The van der Waals surface area contributed by atoms with Crippen LogP contribution in [0.5, 0.6) is 0 Å². The summed E-state index contributed by atoms with van der Waals surface area (Å²) in [6, 6.07) is 12.9. The van der Waals surface area contributed by atoms with Crippen molar-refractivity contribution in [1.82, 2.24) is 9.62 Å². The molecular formula is C22H23ClN4O5S. The van der Waals surface area contributed by atoms with Gasteiger partial charge in [-0.2, -0.15) is 0 Å². The zero-order valence-corrected chi connectivity index (χ0v) is 19.5. The average molecular weight is 491 g/mol. The maximum absolute atomic E-state index is 12.5. The van der Waals surface area contributed by atoms with Crippen LogP contribution in [-0.2, 0) is 24.3 Å². The summed E-state index contributed by atoms with van der Waals surface area (Å²) in [5, 5.41) is 0.657. The Labute approximate surface area is 197 Å². The van der Waals surface area contributed by atoms with Gasteiger partial charge in [-0.1, -0.05) is 29.8 Å². The third kappa shape index (κ3) is 5.12. The number of nitrogens with one attached hydrogen (secondary N) is 1. The van der Waals surface area contributed by atoms with Crippen LogP contribution >= 0.6 is 11.6 Å². The molecule has 0 aromatic heterocycles. The van der Waals surface area contributed by atoms with E-state index in [9.17, 15) is 18.0 Å². The van der Waals surface area contributed by atoms with Crippen LogP contribution in [0.2, 0.25) is 5.02 Å². The van der Waals surface area contributed by atoms with E-state index < -0.39 is 28.6 Å². The highest BCUT2D eigenvalue weighted by atomic mass is 35.5. The van der Waals surface area contributed by atoms with Gasteiger partial charge in [-0.15, -0.1) is 0 Å². The van der Waals surface area contributed by atoms with Crippen LogP contribution < -0.4 is 9.62 Å². The zero-order chi connectivity index (χ0) is 23.6. The van der Waals surface area contributed by atoms with E-state index in [0.717, 1.165) is 5.69 Å². The van der Waals surface area contributed by atoms with Gasteiger partial charge in [0.25, 0.3) is 15.9 Å². The monoisotopic (exact) mass is 490 g/mol. The summed E-state index contributed by atoms with van der Waals surface area (Å²) < 4.78 is 31.8. The molecule has 0 saturated carbocycles. The Balaban J connectivity index is 1.29. The maximum Gasteiger partial charge on any atom is 0.331 e. The average Bonchev–Trinajstić information content (AvgIpc) is 3.07. The normalized spacial score (nSPS) is 19.0. The van der Waals surface area contributed by atoms with Crippen LogP contribution in [0.1, 0.15) is 12.5 Å². The second-order valence-corrected chi connectivity index (χ2v) is 9.80. The first-order valence-corrected chi connectivity index (χ1v) is 12.3. The maximum atomic E-state index is 12.5. The molecule has 1 fully saturated rings. The van der Waals surface area contributed by atoms with Crippen LogP contribution in [0.3, 0.4) is 0 Å². The Morgan fingerprint density at radius 1 is 1.12 bits per heavy atom. The molecule has 1 N–H and O–H groups in total. The Kier molecular flexibility index (Phi) is 6.57. The molecular weight excluding hydrogens is 468 g/mol. The lowest BCUT2D eigenvalue weighted by Gasteiger charge is -2.36. The van der Waals surface area contributed by atoms with E-state index in [2.05, 4.69) is 14.6 Å². The summed E-state index contributed by atoms with van der Waals surface area (Å²) >= 11 is 6.05. The number of hydrogen-bond donors (Lipinski definition) is 1. The van der Waals surface area contributed by atoms with Gasteiger partial charge in [0.1, 0.15) is 11.9 Å². The molecule has 9 nitrogen and oxygen atoms in total. The molecule has 2 aliphatic heterocycles. The predicted octanol–water partition coefficient (Wildman–Crippen LogP) is 1.66. The van der Waals surface area contributed by atoms with Gasteiger partial charge in [0.05, 0.1) is 4.90 Å². The number of halogens is 1. The topological polar surface area (TPSA) is 108 Å². The van der Waals surface area contributed by atoms with Gasteiger partial charge in [0, 0.05) is 42.5 Å². The number of nitrogens with zero attached hydrogens (tertiary/aromatic N) is 3. The van der Waals surface area contributed by atoms with Crippen molar-refractivity contribution >= 4 is 45.0 Å². The molecule has 2 aromatic rings. The molecule has 0 unspecified atom stereocenters. The van der Waals surface area contributed by atoms with Gasteiger partial charge in [-0.05, 0) is 37.3 Å². The summed E-state index contributed by atoms with van der Waals surface area (Å²) in [4.78, 5) is 32.9. The molecule has 0 radical (unpaired) electrons. The van der Waals surface area contributed by atoms with Crippen molar-refractivity contribution < 1.29 is 22.7 Å². The van der Waals surface area contributed by atoms with Crippen LogP contribution in [0.25, 0.3) is 0 Å². The summed E-state index contributed by atoms with van der Waals surface area (Å²) in [5.74, 6) is -0.920. The van der Waals surface area contributed by atoms with Crippen LogP contribution in [0.4, 0.5) is 5.69 Å². The zero-order valence-electron chi connectivity index (χ0n) is 17.9. The number of anilines is 1. The third-order valence-corrected chi connectivity index (χ3v) is 7.10. The largest absolute Gasteiger partial charge is 0.454 e. The minimum atomic E-state index is -3.70. The van der Waals surface area contributed by atoms with E-state index in [0.29, 0.717) is 36.8 Å². The number of rotatable bonds is 5. The number of piperazine rings is 1. The van der Waals surface area contributed by atoms with E-state index >= 15 is 0 Å². The van der Waals surface area contributed by atoms with Crippen molar-refractivity contribution in [2.45, 2.75) is 17.9 Å². The SMILES string of the molecule is C[C@H](N=C1NS(=O)(=O)c2ccccc21)C(=O)OCC(=O)N1CCN(c2cccc(Cl)c2)CC1. The lowest BCUT2D eigenvalue weighted by Crippen LogP contribution is -2.50. The lowest BCUT2D eigenvalue weighted by molar-refractivity contribution is -0.152. The van der Waals surface area contributed by atoms with Crippen molar-refractivity contribution in [2.75, 3.05) is 37.7 Å². The van der Waals surface area contributed by atoms with E-state index in [1.165, 1.54) is 13.0 Å². The molecule has 0 bridgehead atoms. The second kappa shape index (κ2) is 9.40. The van der Waals surface area contributed by atoms with Gasteiger partial charge in [0.15, 0.2) is 6.61 Å². The Bertz CT molecular complexity index is 1210. The first-order chi connectivity index (χ1) is 15.7. The number of ether oxygens (including phenoxy) is 1. The molecule has 33 heavy (non-hydrogen) atoms. The summed E-state index contributed by atoms with van der Waals surface area (Å²) in [6.07, 6.45) is 0. The number of esters is 1. The summed E-state index contributed by atoms with van der Waals surface area (Å²) in [5.41, 5.74) is 1.39. The minimum Gasteiger partial charge on any atom is -0.454 e. The van der Waals surface area contributed by atoms with E-state index in [-0.39, 0.29) is 16.6 Å². The van der Waals surface area contributed by atoms with Gasteiger partial charge in [0.2, 0.25) is 0 Å². The molecule has 174 valence electrons. The van der Waals surface area contributed by atoms with Crippen LogP contribution in [-0.4, -0.2) is 69.9 Å². The molecule has 11 heteroatoms. The number of benzene rings is 2. The number of carbonyl (C=O) groups excluding carboxylic acids is 2. The third-order valence-electron chi connectivity index (χ3n) is 5.47. The van der Waals surface area contributed by atoms with E-state index in [1.807, 2.05) is 24.3 Å². The van der Waals surface area contributed by atoms with Crippen LogP contribution in [0, 0.1) is 0 Å². The van der Waals surface area contributed by atoms with Crippen molar-refractivity contribution in [1.29, 1.82) is 0 Å². The standard InChI is InChI=1S/C22H23ClN4O5S/c1-15(24-21-18-7-2-3-8-19(18)33(30,31)25-21)22(29)32-14-20(28)27-11-9-26(10-12-27)17-6-4-5-16(23)13-17/h2-8,13,15H,9-12,14H2,1H3,(H,24,25)/t15-/m0/s1. The van der Waals surface area contributed by atoms with Crippen LogP contribution in [0.15, 0.2) is 58.4 Å². The van der Waals surface area contributed by atoms with Crippen molar-refractivity contribution in [2.24, 2.45) is 4.99 Å². The number of carbonyl (C=O) groups is 2. The van der Waals surface area contributed by atoms with E-state index in [4.69, 9.17) is 16.3 Å². The molecule has 2 heterocycles. The molecule has 4 rings (SSSR count). The fraction of sp³-hybridized carbons (Fsp3) is 0.318. The summed E-state index contributed by atoms with van der Waals surface area (Å²) in [7, 11) is -3.70. The Morgan fingerprint density at radius 3 is 2.58 bits per heavy atom. The van der Waals surface area contributed by atoms with Gasteiger partial charge < -0.3 is 14.5 Å². The van der Waals surface area contributed by atoms with Crippen molar-refractivity contribution in [3.8, 4) is 0 Å². The van der Waals surface area contributed by atoms with Gasteiger partial charge >= 0.3 is 5.97 Å². The number of aliphatic imine (C=N–C) groups is 1. The highest BCUT2D eigenvalue weighted by molar-refractivity contribution is 7.90. The Morgan fingerprint density at radius 2 is 1.85 bits per heavy atom. The number of amidine groups is 1. The minimum absolute atomic E-state index is 0.0820. The lowest BCUT2D eigenvalue weighted by atomic mass is 10.2. The first kappa shape index (κ1) is 23.1. The molecule has 1 amide bonds. The second-order valence-electron chi connectivity index (χ2n) is 7.71. The number of hydrogen-bond acceptors (Lipinski definition) is 7. The van der Waals surface area contributed by atoms with E-state index in [1.54, 1.807) is 23.1 Å². The molecule has 0 aliphatic carbocycles. The molecule has 2 aliphatic rings. The van der Waals surface area contributed by atoms with Gasteiger partial charge in [-0.3, -0.25) is 14.5 Å². The Hall–Kier alpha value is -3.11. The van der Waals surface area contributed by atoms with Crippen molar-refractivity contribution in [3.05, 3.63) is 59.1 Å². The number of amides is 1. The molecule has 0 spiro atoms. The smallest absolute Gasteiger partial charge is 0.331 e.